The molecule has 0 saturated carbocycles. The van der Waals surface area contributed by atoms with Crippen molar-refractivity contribution in [1.82, 2.24) is 9.88 Å². The third-order valence-electron chi connectivity index (χ3n) is 3.25. The Morgan fingerprint density at radius 2 is 1.91 bits per heavy atom. The van der Waals surface area contributed by atoms with E-state index < -0.39 is 17.9 Å². The number of amides is 1. The fourth-order valence-corrected chi connectivity index (χ4v) is 1.98. The number of carboxylic acid groups (broad SMARTS) is 1. The van der Waals surface area contributed by atoms with Gasteiger partial charge in [0.15, 0.2) is 0 Å². The minimum atomic E-state index is -1.12. The lowest BCUT2D eigenvalue weighted by atomic mass is 10.1. The Bertz CT molecular complexity index is 737. The highest BCUT2D eigenvalue weighted by Gasteiger charge is 2.21. The van der Waals surface area contributed by atoms with Crippen LogP contribution in [0.4, 0.5) is 0 Å². The lowest BCUT2D eigenvalue weighted by molar-refractivity contribution is -0.139. The maximum absolute atomic E-state index is 12.1. The van der Waals surface area contributed by atoms with E-state index in [1.54, 1.807) is 31.3 Å². The molecule has 0 bridgehead atoms. The van der Waals surface area contributed by atoms with Gasteiger partial charge in [-0.1, -0.05) is 30.3 Å². The number of pyridine rings is 1. The highest BCUT2D eigenvalue weighted by atomic mass is 16.4. The molecular weight excluding hydrogens is 284 g/mol. The number of carbonyl (C=O) groups is 2. The quantitative estimate of drug-likeness (QED) is 0.855. The van der Waals surface area contributed by atoms with E-state index in [2.05, 4.69) is 5.32 Å². The van der Waals surface area contributed by atoms with Gasteiger partial charge in [-0.25, -0.2) is 4.79 Å². The average molecular weight is 300 g/mol. The lowest BCUT2D eigenvalue weighted by Crippen LogP contribution is -2.42. The first-order chi connectivity index (χ1) is 10.5. The fraction of sp³-hybridized carbons (Fsp3) is 0.188. The standard InChI is InChI=1S/C16H16N2O4/c1-18-8-7-12(10-14(18)19)15(20)17-13(16(21)22)9-11-5-3-2-4-6-11/h2-8,10,13H,9H2,1H3,(H,17,20)(H,21,22)/t13-/m1/s1. The first-order valence-electron chi connectivity index (χ1n) is 6.71. The van der Waals surface area contributed by atoms with Crippen LogP contribution in [0.5, 0.6) is 0 Å². The van der Waals surface area contributed by atoms with Crippen molar-refractivity contribution in [3.63, 3.8) is 0 Å². The van der Waals surface area contributed by atoms with Crippen LogP contribution in [0, 0.1) is 0 Å². The smallest absolute Gasteiger partial charge is 0.326 e. The zero-order valence-electron chi connectivity index (χ0n) is 12.0. The summed E-state index contributed by atoms with van der Waals surface area (Å²) >= 11 is 0. The van der Waals surface area contributed by atoms with Crippen molar-refractivity contribution < 1.29 is 14.7 Å². The summed E-state index contributed by atoms with van der Waals surface area (Å²) in [6.07, 6.45) is 1.64. The van der Waals surface area contributed by atoms with E-state index in [0.29, 0.717) is 0 Å². The number of rotatable bonds is 5. The number of benzene rings is 1. The van der Waals surface area contributed by atoms with E-state index in [1.807, 2.05) is 6.07 Å². The van der Waals surface area contributed by atoms with Crippen molar-refractivity contribution in [3.8, 4) is 0 Å². The molecule has 0 unspecified atom stereocenters. The van der Waals surface area contributed by atoms with Gasteiger partial charge in [-0.2, -0.15) is 0 Å². The van der Waals surface area contributed by atoms with Crippen LogP contribution in [-0.4, -0.2) is 27.6 Å². The molecule has 0 spiro atoms. The van der Waals surface area contributed by atoms with Crippen molar-refractivity contribution >= 4 is 11.9 Å². The maximum atomic E-state index is 12.1. The third kappa shape index (κ3) is 3.82. The topological polar surface area (TPSA) is 88.4 Å². The minimum Gasteiger partial charge on any atom is -0.480 e. The van der Waals surface area contributed by atoms with Gasteiger partial charge in [-0.05, 0) is 11.6 Å². The summed E-state index contributed by atoms with van der Waals surface area (Å²) in [5.74, 6) is -1.71. The predicted octanol–water partition coefficient (Wildman–Crippen LogP) is 0.811. The number of carbonyl (C=O) groups excluding carboxylic acids is 1. The van der Waals surface area contributed by atoms with Gasteiger partial charge in [-0.3, -0.25) is 9.59 Å². The van der Waals surface area contributed by atoms with Gasteiger partial charge in [0.1, 0.15) is 6.04 Å². The second-order valence-corrected chi connectivity index (χ2v) is 4.92. The zero-order valence-corrected chi connectivity index (χ0v) is 12.0. The van der Waals surface area contributed by atoms with Crippen LogP contribution in [0.3, 0.4) is 0 Å². The van der Waals surface area contributed by atoms with Crippen molar-refractivity contribution in [1.29, 1.82) is 0 Å². The predicted molar refractivity (Wildman–Crippen MR) is 80.7 cm³/mol. The molecule has 0 aliphatic rings. The fourth-order valence-electron chi connectivity index (χ4n) is 1.98. The summed E-state index contributed by atoms with van der Waals surface area (Å²) in [5, 5.41) is 11.7. The van der Waals surface area contributed by atoms with Crippen LogP contribution >= 0.6 is 0 Å². The van der Waals surface area contributed by atoms with Gasteiger partial charge in [-0.15, -0.1) is 0 Å². The summed E-state index contributed by atoms with van der Waals surface area (Å²) < 4.78 is 1.33. The molecule has 2 N–H and O–H groups in total. The number of carboxylic acids is 1. The van der Waals surface area contributed by atoms with E-state index >= 15 is 0 Å². The van der Waals surface area contributed by atoms with Crippen LogP contribution < -0.4 is 10.9 Å². The Morgan fingerprint density at radius 1 is 1.23 bits per heavy atom. The summed E-state index contributed by atoms with van der Waals surface area (Å²) in [6, 6.07) is 10.6. The average Bonchev–Trinajstić information content (AvgIpc) is 2.50. The number of hydrogen-bond acceptors (Lipinski definition) is 3. The van der Waals surface area contributed by atoms with Gasteiger partial charge in [0.2, 0.25) is 0 Å². The molecule has 2 aromatic rings. The number of aryl methyl sites for hydroxylation is 1. The highest BCUT2D eigenvalue weighted by Crippen LogP contribution is 2.05. The Labute approximate surface area is 127 Å². The number of nitrogens with zero attached hydrogens (tertiary/aromatic N) is 1. The molecule has 1 amide bonds. The monoisotopic (exact) mass is 300 g/mol. The molecular formula is C16H16N2O4. The SMILES string of the molecule is Cn1ccc(C(=O)N[C@H](Cc2ccccc2)C(=O)O)cc1=O. The number of aromatic nitrogens is 1. The van der Waals surface area contributed by atoms with E-state index in [-0.39, 0.29) is 17.5 Å². The summed E-state index contributed by atoms with van der Waals surface area (Å²) in [4.78, 5) is 34.9. The normalized spacial score (nSPS) is 11.7. The van der Waals surface area contributed by atoms with Crippen molar-refractivity contribution in [3.05, 3.63) is 70.1 Å². The van der Waals surface area contributed by atoms with Gasteiger partial charge < -0.3 is 15.0 Å². The van der Waals surface area contributed by atoms with E-state index in [0.717, 1.165) is 5.56 Å². The molecule has 1 aromatic heterocycles. The Morgan fingerprint density at radius 3 is 2.50 bits per heavy atom. The Kier molecular flexibility index (Phi) is 4.73. The van der Waals surface area contributed by atoms with Crippen LogP contribution in [0.1, 0.15) is 15.9 Å². The molecule has 2 rings (SSSR count). The second kappa shape index (κ2) is 6.71. The van der Waals surface area contributed by atoms with Crippen molar-refractivity contribution in [2.75, 3.05) is 0 Å². The molecule has 6 heteroatoms. The summed E-state index contributed by atoms with van der Waals surface area (Å²) in [7, 11) is 1.57. The maximum Gasteiger partial charge on any atom is 0.326 e. The number of nitrogens with one attached hydrogen (secondary N) is 1. The third-order valence-corrected chi connectivity index (χ3v) is 3.25. The first-order valence-corrected chi connectivity index (χ1v) is 6.71. The molecule has 0 aliphatic carbocycles. The molecule has 0 radical (unpaired) electrons. The van der Waals surface area contributed by atoms with Crippen molar-refractivity contribution in [2.24, 2.45) is 7.05 Å². The zero-order chi connectivity index (χ0) is 16.1. The van der Waals surface area contributed by atoms with Crippen LogP contribution in [0.25, 0.3) is 0 Å². The van der Waals surface area contributed by atoms with Crippen LogP contribution in [0.2, 0.25) is 0 Å². The highest BCUT2D eigenvalue weighted by molar-refractivity contribution is 5.96. The summed E-state index contributed by atoms with van der Waals surface area (Å²) in [5.41, 5.74) is 0.615. The van der Waals surface area contributed by atoms with Crippen LogP contribution in [0.15, 0.2) is 53.5 Å². The van der Waals surface area contributed by atoms with Gasteiger partial charge in [0.25, 0.3) is 11.5 Å². The first kappa shape index (κ1) is 15.5. The largest absolute Gasteiger partial charge is 0.480 e. The molecule has 0 aliphatic heterocycles. The molecule has 1 heterocycles. The minimum absolute atomic E-state index is 0.141. The van der Waals surface area contributed by atoms with E-state index in [1.165, 1.54) is 22.9 Å². The van der Waals surface area contributed by atoms with Gasteiger partial charge >= 0.3 is 5.97 Å². The summed E-state index contributed by atoms with van der Waals surface area (Å²) in [6.45, 7) is 0. The Hall–Kier alpha value is -2.89. The van der Waals surface area contributed by atoms with Gasteiger partial charge in [0, 0.05) is 31.3 Å². The molecule has 22 heavy (non-hydrogen) atoms. The van der Waals surface area contributed by atoms with Gasteiger partial charge in [0.05, 0.1) is 0 Å². The molecule has 1 aromatic carbocycles. The van der Waals surface area contributed by atoms with E-state index in [9.17, 15) is 19.5 Å². The lowest BCUT2D eigenvalue weighted by Gasteiger charge is -2.14. The van der Waals surface area contributed by atoms with E-state index in [4.69, 9.17) is 0 Å². The Balaban J connectivity index is 2.13. The molecule has 0 fully saturated rings. The number of hydrogen-bond donors (Lipinski definition) is 2. The molecule has 1 atom stereocenters. The molecule has 0 saturated heterocycles. The van der Waals surface area contributed by atoms with Crippen LogP contribution in [-0.2, 0) is 18.3 Å². The number of aliphatic carboxylic acids is 1. The molecule has 6 nitrogen and oxygen atoms in total. The molecule has 114 valence electrons. The second-order valence-electron chi connectivity index (χ2n) is 4.92. The van der Waals surface area contributed by atoms with Crippen molar-refractivity contribution in [2.45, 2.75) is 12.5 Å².